The smallest absolute Gasteiger partial charge is 0.328 e. The molecule has 1 aliphatic carbocycles. The number of carboxylic acids is 1. The lowest BCUT2D eigenvalue weighted by Crippen LogP contribution is -2.43. The van der Waals surface area contributed by atoms with Crippen molar-refractivity contribution in [2.75, 3.05) is 0 Å². The fourth-order valence-corrected chi connectivity index (χ4v) is 2.09. The highest BCUT2D eigenvalue weighted by Gasteiger charge is 2.27. The Balaban J connectivity index is 1.94. The van der Waals surface area contributed by atoms with E-state index in [0.717, 1.165) is 18.9 Å². The Kier molecular flexibility index (Phi) is 3.94. The molecule has 0 radical (unpaired) electrons. The summed E-state index contributed by atoms with van der Waals surface area (Å²) >= 11 is 0. The first-order valence-electron chi connectivity index (χ1n) is 6.22. The van der Waals surface area contributed by atoms with Crippen molar-refractivity contribution < 1.29 is 14.7 Å². The molecule has 0 aromatic carbocycles. The standard InChI is InChI=1S/C14H16N2O3/c1-9-6-11(7-9)16-14(19)12-4-2-10(8-15-12)3-5-13(17)18/h2-5,8-9,11H,6-7H2,1H3,(H,16,19)(H,17,18)/b5-3+. The third-order valence-corrected chi connectivity index (χ3v) is 3.15. The summed E-state index contributed by atoms with van der Waals surface area (Å²) in [5.41, 5.74) is 1.00. The van der Waals surface area contributed by atoms with E-state index in [4.69, 9.17) is 5.11 Å². The highest BCUT2D eigenvalue weighted by atomic mass is 16.4. The van der Waals surface area contributed by atoms with Gasteiger partial charge in [0.05, 0.1) is 0 Å². The minimum atomic E-state index is -1.01. The van der Waals surface area contributed by atoms with Crippen molar-refractivity contribution in [3.8, 4) is 0 Å². The molecule has 0 aliphatic heterocycles. The van der Waals surface area contributed by atoms with Crippen LogP contribution in [0.15, 0.2) is 24.4 Å². The number of carbonyl (C=O) groups is 2. The molecule has 0 spiro atoms. The van der Waals surface area contributed by atoms with Gasteiger partial charge in [0.1, 0.15) is 5.69 Å². The first-order valence-corrected chi connectivity index (χ1v) is 6.22. The molecule has 1 aromatic heterocycles. The molecule has 0 bridgehead atoms. The van der Waals surface area contributed by atoms with Crippen molar-refractivity contribution in [2.45, 2.75) is 25.8 Å². The zero-order valence-electron chi connectivity index (χ0n) is 10.7. The first kappa shape index (κ1) is 13.3. The molecule has 0 saturated heterocycles. The van der Waals surface area contributed by atoms with Gasteiger partial charge in [0.2, 0.25) is 0 Å². The topological polar surface area (TPSA) is 79.3 Å². The van der Waals surface area contributed by atoms with Gasteiger partial charge in [-0.2, -0.15) is 0 Å². The number of rotatable bonds is 4. The molecule has 1 aliphatic rings. The maximum Gasteiger partial charge on any atom is 0.328 e. The van der Waals surface area contributed by atoms with E-state index in [9.17, 15) is 9.59 Å². The average molecular weight is 260 g/mol. The Hall–Kier alpha value is -2.17. The molecule has 1 aromatic rings. The van der Waals surface area contributed by atoms with Crippen LogP contribution in [-0.4, -0.2) is 28.0 Å². The molecule has 19 heavy (non-hydrogen) atoms. The lowest BCUT2D eigenvalue weighted by atomic mass is 9.82. The summed E-state index contributed by atoms with van der Waals surface area (Å²) in [4.78, 5) is 26.2. The maximum absolute atomic E-state index is 11.8. The predicted octanol–water partition coefficient (Wildman–Crippen LogP) is 1.71. The Morgan fingerprint density at radius 2 is 2.16 bits per heavy atom. The van der Waals surface area contributed by atoms with Gasteiger partial charge >= 0.3 is 5.97 Å². The summed E-state index contributed by atoms with van der Waals surface area (Å²) in [7, 11) is 0. The van der Waals surface area contributed by atoms with E-state index in [1.54, 1.807) is 12.1 Å². The molecule has 2 rings (SSSR count). The van der Waals surface area contributed by atoms with E-state index in [-0.39, 0.29) is 11.9 Å². The molecule has 5 heteroatoms. The third-order valence-electron chi connectivity index (χ3n) is 3.15. The number of nitrogens with one attached hydrogen (secondary N) is 1. The van der Waals surface area contributed by atoms with Crippen molar-refractivity contribution in [3.63, 3.8) is 0 Å². The summed E-state index contributed by atoms with van der Waals surface area (Å²) in [6, 6.07) is 3.53. The number of nitrogens with zero attached hydrogens (tertiary/aromatic N) is 1. The van der Waals surface area contributed by atoms with Crippen LogP contribution in [0.25, 0.3) is 6.08 Å². The Labute approximate surface area is 111 Å². The van der Waals surface area contributed by atoms with E-state index in [2.05, 4.69) is 17.2 Å². The van der Waals surface area contributed by atoms with Crippen LogP contribution in [0.4, 0.5) is 0 Å². The minimum absolute atomic E-state index is 0.175. The van der Waals surface area contributed by atoms with Gasteiger partial charge in [-0.3, -0.25) is 9.78 Å². The van der Waals surface area contributed by atoms with Crippen LogP contribution in [0.2, 0.25) is 0 Å². The highest BCUT2D eigenvalue weighted by Crippen LogP contribution is 2.26. The molecule has 2 N–H and O–H groups in total. The number of aromatic nitrogens is 1. The summed E-state index contributed by atoms with van der Waals surface area (Å²) in [6.45, 7) is 2.16. The van der Waals surface area contributed by atoms with E-state index in [0.29, 0.717) is 17.2 Å². The number of amides is 1. The fourth-order valence-electron chi connectivity index (χ4n) is 2.09. The molecule has 0 atom stereocenters. The monoisotopic (exact) mass is 260 g/mol. The number of hydrogen-bond acceptors (Lipinski definition) is 3. The Bertz CT molecular complexity index is 502. The predicted molar refractivity (Wildman–Crippen MR) is 70.6 cm³/mol. The zero-order chi connectivity index (χ0) is 13.8. The van der Waals surface area contributed by atoms with Gasteiger partial charge in [0.25, 0.3) is 5.91 Å². The van der Waals surface area contributed by atoms with Crippen LogP contribution < -0.4 is 5.32 Å². The molecule has 1 amide bonds. The minimum Gasteiger partial charge on any atom is -0.478 e. The second-order valence-electron chi connectivity index (χ2n) is 4.90. The van der Waals surface area contributed by atoms with Crippen molar-refractivity contribution in [1.29, 1.82) is 0 Å². The molecule has 1 heterocycles. The normalized spacial score (nSPS) is 21.9. The van der Waals surface area contributed by atoms with Gasteiger partial charge < -0.3 is 10.4 Å². The van der Waals surface area contributed by atoms with Crippen molar-refractivity contribution in [2.24, 2.45) is 5.92 Å². The number of aliphatic carboxylic acids is 1. The van der Waals surface area contributed by atoms with E-state index in [1.165, 1.54) is 12.3 Å². The van der Waals surface area contributed by atoms with Crippen molar-refractivity contribution in [1.82, 2.24) is 10.3 Å². The van der Waals surface area contributed by atoms with Gasteiger partial charge in [-0.05, 0) is 36.5 Å². The quantitative estimate of drug-likeness (QED) is 0.808. The SMILES string of the molecule is CC1CC(NC(=O)c2ccc(/C=C/C(=O)O)cn2)C1. The second-order valence-corrected chi connectivity index (χ2v) is 4.90. The molecular formula is C14H16N2O3. The van der Waals surface area contributed by atoms with E-state index >= 15 is 0 Å². The van der Waals surface area contributed by atoms with Gasteiger partial charge in [-0.15, -0.1) is 0 Å². The summed E-state index contributed by atoms with van der Waals surface area (Å²) in [5, 5.41) is 11.4. The molecule has 1 saturated carbocycles. The summed E-state index contributed by atoms with van der Waals surface area (Å²) in [6.07, 6.45) is 5.99. The number of hydrogen-bond donors (Lipinski definition) is 2. The molecule has 1 fully saturated rings. The van der Waals surface area contributed by atoms with Crippen LogP contribution in [0.1, 0.15) is 35.8 Å². The largest absolute Gasteiger partial charge is 0.478 e. The van der Waals surface area contributed by atoms with Crippen LogP contribution in [-0.2, 0) is 4.79 Å². The Morgan fingerprint density at radius 1 is 1.42 bits per heavy atom. The van der Waals surface area contributed by atoms with Crippen LogP contribution in [0, 0.1) is 5.92 Å². The average Bonchev–Trinajstić information content (AvgIpc) is 2.35. The molecule has 0 unspecified atom stereocenters. The van der Waals surface area contributed by atoms with Crippen molar-refractivity contribution in [3.05, 3.63) is 35.7 Å². The lowest BCUT2D eigenvalue weighted by Gasteiger charge is -2.33. The van der Waals surface area contributed by atoms with Gasteiger partial charge in [0, 0.05) is 18.3 Å². The maximum atomic E-state index is 11.8. The number of pyridine rings is 1. The van der Waals surface area contributed by atoms with Crippen molar-refractivity contribution >= 4 is 18.0 Å². The van der Waals surface area contributed by atoms with E-state index in [1.807, 2.05) is 0 Å². The zero-order valence-corrected chi connectivity index (χ0v) is 10.7. The van der Waals surface area contributed by atoms with Crippen LogP contribution >= 0.6 is 0 Å². The number of carbonyl (C=O) groups excluding carboxylic acids is 1. The third kappa shape index (κ3) is 3.64. The Morgan fingerprint density at radius 3 is 2.68 bits per heavy atom. The summed E-state index contributed by atoms with van der Waals surface area (Å²) in [5.74, 6) is -0.506. The molecular weight excluding hydrogens is 244 g/mol. The second kappa shape index (κ2) is 5.65. The first-order chi connectivity index (χ1) is 9.04. The highest BCUT2D eigenvalue weighted by molar-refractivity contribution is 5.92. The molecule has 5 nitrogen and oxygen atoms in total. The number of carboxylic acid groups (broad SMARTS) is 1. The van der Waals surface area contributed by atoms with Gasteiger partial charge in [-0.25, -0.2) is 4.79 Å². The van der Waals surface area contributed by atoms with Crippen LogP contribution in [0.5, 0.6) is 0 Å². The van der Waals surface area contributed by atoms with Gasteiger partial charge in [-0.1, -0.05) is 13.0 Å². The summed E-state index contributed by atoms with van der Waals surface area (Å²) < 4.78 is 0. The molecule has 100 valence electrons. The lowest BCUT2D eigenvalue weighted by molar-refractivity contribution is -0.131. The fraction of sp³-hybridized carbons (Fsp3) is 0.357. The van der Waals surface area contributed by atoms with Gasteiger partial charge in [0.15, 0.2) is 0 Å². The van der Waals surface area contributed by atoms with Crippen LogP contribution in [0.3, 0.4) is 0 Å². The van der Waals surface area contributed by atoms with E-state index < -0.39 is 5.97 Å².